The predicted octanol–water partition coefficient (Wildman–Crippen LogP) is 4.41. The van der Waals surface area contributed by atoms with Crippen molar-refractivity contribution in [2.75, 3.05) is 46.3 Å². The monoisotopic (exact) mass is 357 g/mol. The first-order chi connectivity index (χ1) is 11.6. The van der Waals surface area contributed by atoms with Gasteiger partial charge in [-0.15, -0.1) is 18.7 Å². The SMILES string of the molecule is CCN(CC)[P+](N(C)Cc1ccco1)(N(CC)CC)N(CC)CC. The van der Waals surface area contributed by atoms with Crippen molar-refractivity contribution in [1.29, 1.82) is 0 Å². The Morgan fingerprint density at radius 1 is 0.792 bits per heavy atom. The van der Waals surface area contributed by atoms with Crippen molar-refractivity contribution in [3.05, 3.63) is 24.2 Å². The second-order valence-corrected chi connectivity index (χ2v) is 9.30. The molecule has 1 rings (SSSR count). The van der Waals surface area contributed by atoms with E-state index in [4.69, 9.17) is 4.42 Å². The zero-order valence-electron chi connectivity index (χ0n) is 16.8. The van der Waals surface area contributed by atoms with E-state index in [9.17, 15) is 0 Å². The van der Waals surface area contributed by atoms with Crippen LogP contribution in [0.3, 0.4) is 0 Å². The number of rotatable bonds is 12. The van der Waals surface area contributed by atoms with Crippen molar-refractivity contribution in [2.24, 2.45) is 0 Å². The Bertz CT molecular complexity index is 397. The minimum atomic E-state index is -1.79. The van der Waals surface area contributed by atoms with Crippen molar-refractivity contribution >= 4 is 7.87 Å². The molecule has 6 heteroatoms. The van der Waals surface area contributed by atoms with Crippen molar-refractivity contribution in [3.63, 3.8) is 0 Å². The van der Waals surface area contributed by atoms with E-state index < -0.39 is 7.87 Å². The lowest BCUT2D eigenvalue weighted by atomic mass is 10.4. The third-order valence-electron chi connectivity index (χ3n) is 4.75. The summed E-state index contributed by atoms with van der Waals surface area (Å²) in [6.45, 7) is 20.9. The molecule has 1 aromatic heterocycles. The molecule has 24 heavy (non-hydrogen) atoms. The van der Waals surface area contributed by atoms with Crippen molar-refractivity contribution < 1.29 is 4.42 Å². The highest BCUT2D eigenvalue weighted by Gasteiger charge is 2.58. The highest BCUT2D eigenvalue weighted by molar-refractivity contribution is 7.66. The summed E-state index contributed by atoms with van der Waals surface area (Å²) < 4.78 is 16.2. The molecule has 0 saturated carbocycles. The molecule has 0 aromatic carbocycles. The van der Waals surface area contributed by atoms with Crippen molar-refractivity contribution in [1.82, 2.24) is 18.7 Å². The van der Waals surface area contributed by atoms with Crippen LogP contribution in [0.15, 0.2) is 22.8 Å². The molecule has 0 aliphatic rings. The summed E-state index contributed by atoms with van der Waals surface area (Å²) in [7, 11) is 0.484. The molecule has 0 atom stereocenters. The zero-order chi connectivity index (χ0) is 18.2. The summed E-state index contributed by atoms with van der Waals surface area (Å²) >= 11 is 0. The Kier molecular flexibility index (Phi) is 9.47. The first kappa shape index (κ1) is 21.6. The molecule has 0 N–H and O–H groups in total. The highest BCUT2D eigenvalue weighted by atomic mass is 31.2. The molecule has 1 aromatic rings. The maximum absolute atomic E-state index is 5.66. The molecule has 0 radical (unpaired) electrons. The van der Waals surface area contributed by atoms with Crippen LogP contribution in [0.25, 0.3) is 0 Å². The summed E-state index contributed by atoms with van der Waals surface area (Å²) in [4.78, 5) is 0. The fourth-order valence-electron chi connectivity index (χ4n) is 3.72. The van der Waals surface area contributed by atoms with E-state index in [1.54, 1.807) is 6.26 Å². The van der Waals surface area contributed by atoms with E-state index in [1.165, 1.54) is 0 Å². The van der Waals surface area contributed by atoms with Gasteiger partial charge in [0.15, 0.2) is 0 Å². The molecule has 0 saturated heterocycles. The average molecular weight is 358 g/mol. The first-order valence-corrected chi connectivity index (χ1v) is 11.1. The first-order valence-electron chi connectivity index (χ1n) is 9.45. The van der Waals surface area contributed by atoms with E-state index in [0.29, 0.717) is 0 Å². The number of hydrogen-bond acceptors (Lipinski definition) is 5. The number of nitrogens with zero attached hydrogens (tertiary/aromatic N) is 4. The third-order valence-corrected chi connectivity index (χ3v) is 9.78. The molecule has 1 heterocycles. The highest BCUT2D eigenvalue weighted by Crippen LogP contribution is 2.69. The Morgan fingerprint density at radius 3 is 1.50 bits per heavy atom. The van der Waals surface area contributed by atoms with E-state index in [1.807, 2.05) is 6.07 Å². The van der Waals surface area contributed by atoms with Gasteiger partial charge in [0.25, 0.3) is 0 Å². The summed E-state index contributed by atoms with van der Waals surface area (Å²) in [5.74, 6) is 1.04. The molecule has 0 bridgehead atoms. The molecule has 0 aliphatic heterocycles. The molecular formula is C18H38N4OP+. The third kappa shape index (κ3) is 4.20. The van der Waals surface area contributed by atoms with Gasteiger partial charge in [-0.2, -0.15) is 0 Å². The van der Waals surface area contributed by atoms with Crippen LogP contribution in [0.4, 0.5) is 0 Å². The topological polar surface area (TPSA) is 26.1 Å². The van der Waals surface area contributed by atoms with Crippen LogP contribution in [-0.2, 0) is 6.54 Å². The van der Waals surface area contributed by atoms with Crippen LogP contribution in [0.5, 0.6) is 0 Å². The van der Waals surface area contributed by atoms with Gasteiger partial charge in [0.2, 0.25) is 0 Å². The van der Waals surface area contributed by atoms with Gasteiger partial charge in [-0.3, -0.25) is 0 Å². The minimum Gasteiger partial charge on any atom is -0.468 e. The van der Waals surface area contributed by atoms with Crippen LogP contribution < -0.4 is 0 Å². The average Bonchev–Trinajstić information content (AvgIpc) is 3.10. The Labute approximate surface area is 150 Å². The quantitative estimate of drug-likeness (QED) is 0.516. The van der Waals surface area contributed by atoms with Crippen LogP contribution in [-0.4, -0.2) is 65.0 Å². The van der Waals surface area contributed by atoms with Gasteiger partial charge in [-0.05, 0) is 53.7 Å². The van der Waals surface area contributed by atoms with Crippen LogP contribution >= 0.6 is 7.87 Å². The van der Waals surface area contributed by atoms with E-state index >= 15 is 0 Å². The molecule has 0 amide bonds. The van der Waals surface area contributed by atoms with Crippen LogP contribution in [0, 0.1) is 0 Å². The van der Waals surface area contributed by atoms with E-state index in [2.05, 4.69) is 73.3 Å². The molecule has 0 aliphatic carbocycles. The lowest BCUT2D eigenvalue weighted by Crippen LogP contribution is -2.51. The maximum atomic E-state index is 5.66. The lowest BCUT2D eigenvalue weighted by Gasteiger charge is -2.49. The van der Waals surface area contributed by atoms with Gasteiger partial charge in [0.05, 0.1) is 12.8 Å². The summed E-state index contributed by atoms with van der Waals surface area (Å²) in [5, 5.41) is 0. The van der Waals surface area contributed by atoms with E-state index in [0.717, 1.165) is 51.6 Å². The van der Waals surface area contributed by atoms with Gasteiger partial charge in [-0.1, -0.05) is 0 Å². The predicted molar refractivity (Wildman–Crippen MR) is 106 cm³/mol. The van der Waals surface area contributed by atoms with Gasteiger partial charge in [-0.25, -0.2) is 0 Å². The standard InChI is InChI=1S/C18H38N4OP/c1-8-20(9-2)24(21(10-3)11-4,22(12-5)13-6)19(7)17-18-15-14-16-23-18/h14-16H,8-13,17H2,1-7H3/q+1. The lowest BCUT2D eigenvalue weighted by molar-refractivity contribution is 0.261. The normalized spacial score (nSPS) is 13.0. The van der Waals surface area contributed by atoms with Crippen LogP contribution in [0.1, 0.15) is 47.3 Å². The van der Waals surface area contributed by atoms with Gasteiger partial charge in [0.1, 0.15) is 5.76 Å². The largest absolute Gasteiger partial charge is 0.468 e. The van der Waals surface area contributed by atoms with Crippen LogP contribution in [0.2, 0.25) is 0 Å². The van der Waals surface area contributed by atoms with E-state index in [-0.39, 0.29) is 0 Å². The second-order valence-electron chi connectivity index (χ2n) is 5.85. The zero-order valence-corrected chi connectivity index (χ0v) is 17.7. The summed E-state index contributed by atoms with van der Waals surface area (Å²) in [6, 6.07) is 4.06. The van der Waals surface area contributed by atoms with Gasteiger partial charge < -0.3 is 4.42 Å². The fraction of sp³-hybridized carbons (Fsp3) is 0.778. The fourth-order valence-corrected chi connectivity index (χ4v) is 8.69. The molecule has 0 spiro atoms. The Balaban J connectivity index is 3.41. The Morgan fingerprint density at radius 2 is 1.21 bits per heavy atom. The molecule has 5 nitrogen and oxygen atoms in total. The molecular weight excluding hydrogens is 319 g/mol. The Hall–Kier alpha value is -0.450. The molecule has 0 fully saturated rings. The van der Waals surface area contributed by atoms with Gasteiger partial charge in [0, 0.05) is 46.3 Å². The summed E-state index contributed by atoms with van der Waals surface area (Å²) in [6.07, 6.45) is 1.77. The number of hydrogen-bond donors (Lipinski definition) is 0. The van der Waals surface area contributed by atoms with Gasteiger partial charge >= 0.3 is 7.87 Å². The maximum Gasteiger partial charge on any atom is 0.308 e. The molecule has 0 unspecified atom stereocenters. The number of furan rings is 1. The van der Waals surface area contributed by atoms with Crippen molar-refractivity contribution in [3.8, 4) is 0 Å². The minimum absolute atomic E-state index is 0.838. The molecule has 140 valence electrons. The van der Waals surface area contributed by atoms with Crippen molar-refractivity contribution in [2.45, 2.75) is 48.1 Å². The summed E-state index contributed by atoms with van der Waals surface area (Å²) in [5.41, 5.74) is 0. The smallest absolute Gasteiger partial charge is 0.308 e. The second kappa shape index (κ2) is 10.5.